The summed E-state index contributed by atoms with van der Waals surface area (Å²) in [5.74, 6) is 0.726. The molecule has 0 aliphatic rings. The molecule has 0 saturated heterocycles. The van der Waals surface area contributed by atoms with E-state index in [0.717, 1.165) is 17.1 Å². The molecule has 2 heterocycles. The topological polar surface area (TPSA) is 87.5 Å². The highest BCUT2D eigenvalue weighted by Gasteiger charge is 2.17. The largest absolute Gasteiger partial charge is 0.485 e. The van der Waals surface area contributed by atoms with Gasteiger partial charge in [-0.2, -0.15) is 0 Å². The predicted octanol–water partition coefficient (Wildman–Crippen LogP) is 3.11. The highest BCUT2D eigenvalue weighted by Crippen LogP contribution is 2.19. The van der Waals surface area contributed by atoms with Gasteiger partial charge in [-0.15, -0.1) is 0 Å². The van der Waals surface area contributed by atoms with Gasteiger partial charge in [-0.25, -0.2) is 0 Å². The van der Waals surface area contributed by atoms with Crippen LogP contribution in [0.2, 0.25) is 0 Å². The van der Waals surface area contributed by atoms with Crippen LogP contribution in [0.4, 0.5) is 0 Å². The second kappa shape index (κ2) is 7.31. The fourth-order valence-electron chi connectivity index (χ4n) is 2.83. The lowest BCUT2D eigenvalue weighted by Crippen LogP contribution is -2.14. The van der Waals surface area contributed by atoms with Gasteiger partial charge in [-0.1, -0.05) is 0 Å². The number of hydrogen-bond acceptors (Lipinski definition) is 4. The average molecular weight is 352 g/mol. The van der Waals surface area contributed by atoms with Gasteiger partial charge in [0.25, 0.3) is 0 Å². The van der Waals surface area contributed by atoms with E-state index < -0.39 is 5.91 Å². The number of furan rings is 1. The summed E-state index contributed by atoms with van der Waals surface area (Å²) < 4.78 is 13.0. The van der Waals surface area contributed by atoms with E-state index in [4.69, 9.17) is 14.9 Å². The van der Waals surface area contributed by atoms with Gasteiger partial charge in [0.2, 0.25) is 11.7 Å². The molecule has 6 heteroatoms. The molecule has 1 amide bonds. The third kappa shape index (κ3) is 3.69. The Morgan fingerprint density at radius 1 is 1.15 bits per heavy atom. The van der Waals surface area contributed by atoms with Crippen LogP contribution < -0.4 is 10.5 Å². The van der Waals surface area contributed by atoms with Crippen LogP contribution in [0.3, 0.4) is 0 Å². The minimum atomic E-state index is -0.503. The van der Waals surface area contributed by atoms with E-state index in [1.165, 1.54) is 0 Å². The molecular formula is C20H20N2O4. The first-order valence-corrected chi connectivity index (χ1v) is 8.20. The molecule has 0 spiro atoms. The smallest absolute Gasteiger partial charge is 0.248 e. The molecule has 3 aromatic rings. The lowest BCUT2D eigenvalue weighted by molar-refractivity contribution is 0.0919. The van der Waals surface area contributed by atoms with Crippen LogP contribution >= 0.6 is 0 Å². The summed E-state index contributed by atoms with van der Waals surface area (Å²) in [6.07, 6.45) is 1.63. The summed E-state index contributed by atoms with van der Waals surface area (Å²) in [5.41, 5.74) is 8.07. The van der Waals surface area contributed by atoms with Crippen molar-refractivity contribution in [2.75, 3.05) is 6.61 Å². The Kier molecular flexibility index (Phi) is 4.93. The Hall–Kier alpha value is -3.28. The van der Waals surface area contributed by atoms with Gasteiger partial charge in [-0.05, 0) is 56.3 Å². The first-order chi connectivity index (χ1) is 12.5. The number of hydrogen-bond donors (Lipinski definition) is 1. The Bertz CT molecular complexity index is 922. The number of ether oxygens (including phenoxy) is 1. The summed E-state index contributed by atoms with van der Waals surface area (Å²) in [6, 6.07) is 12.0. The number of aryl methyl sites for hydroxylation is 1. The van der Waals surface area contributed by atoms with E-state index in [1.54, 1.807) is 30.5 Å². The number of amides is 1. The van der Waals surface area contributed by atoms with E-state index in [9.17, 15) is 9.59 Å². The van der Waals surface area contributed by atoms with Gasteiger partial charge in [-0.3, -0.25) is 9.59 Å². The lowest BCUT2D eigenvalue weighted by atomic mass is 10.1. The van der Waals surface area contributed by atoms with Gasteiger partial charge in [0.05, 0.1) is 12.8 Å². The van der Waals surface area contributed by atoms with E-state index >= 15 is 0 Å². The van der Waals surface area contributed by atoms with Crippen molar-refractivity contribution in [2.45, 2.75) is 20.4 Å². The fraction of sp³-hybridized carbons (Fsp3) is 0.200. The lowest BCUT2D eigenvalue weighted by Gasteiger charge is -2.08. The molecule has 0 fully saturated rings. The van der Waals surface area contributed by atoms with Crippen LogP contribution in [0.15, 0.2) is 53.1 Å². The van der Waals surface area contributed by atoms with Crippen molar-refractivity contribution in [1.82, 2.24) is 4.57 Å². The third-order valence-corrected chi connectivity index (χ3v) is 4.28. The molecule has 0 aliphatic carbocycles. The van der Waals surface area contributed by atoms with Crippen LogP contribution in [-0.2, 0) is 6.54 Å². The number of carbonyl (C=O) groups is 2. The van der Waals surface area contributed by atoms with Gasteiger partial charge >= 0.3 is 0 Å². The highest BCUT2D eigenvalue weighted by atomic mass is 16.5. The molecule has 2 N–H and O–H groups in total. The second-order valence-corrected chi connectivity index (χ2v) is 6.05. The fourth-order valence-corrected chi connectivity index (χ4v) is 2.83. The number of rotatable bonds is 7. The number of nitrogens with two attached hydrogens (primary N) is 1. The average Bonchev–Trinajstić information content (AvgIpc) is 3.24. The van der Waals surface area contributed by atoms with E-state index in [-0.39, 0.29) is 12.4 Å². The number of Topliss-reactive ketones (excluding diaryl/α,β-unsaturated/α-hetero) is 1. The van der Waals surface area contributed by atoms with Crippen LogP contribution in [0.5, 0.6) is 5.75 Å². The van der Waals surface area contributed by atoms with Crippen LogP contribution in [0.1, 0.15) is 37.9 Å². The normalized spacial score (nSPS) is 10.7. The van der Waals surface area contributed by atoms with Crippen molar-refractivity contribution in [1.29, 1.82) is 0 Å². The quantitative estimate of drug-likeness (QED) is 0.662. The maximum absolute atomic E-state index is 12.5. The third-order valence-electron chi connectivity index (χ3n) is 4.28. The minimum Gasteiger partial charge on any atom is -0.485 e. The molecule has 0 bridgehead atoms. The summed E-state index contributed by atoms with van der Waals surface area (Å²) in [4.78, 5) is 23.6. The Morgan fingerprint density at radius 2 is 1.88 bits per heavy atom. The van der Waals surface area contributed by atoms with E-state index in [0.29, 0.717) is 23.4 Å². The Balaban J connectivity index is 1.69. The minimum absolute atomic E-state index is 0.0824. The maximum atomic E-state index is 12.5. The molecule has 26 heavy (non-hydrogen) atoms. The van der Waals surface area contributed by atoms with Crippen LogP contribution in [0, 0.1) is 13.8 Å². The zero-order valence-corrected chi connectivity index (χ0v) is 14.7. The zero-order chi connectivity index (χ0) is 18.7. The van der Waals surface area contributed by atoms with Gasteiger partial charge in [0.15, 0.2) is 6.61 Å². The van der Waals surface area contributed by atoms with Gasteiger partial charge < -0.3 is 19.5 Å². The van der Waals surface area contributed by atoms with Gasteiger partial charge in [0, 0.05) is 22.5 Å². The van der Waals surface area contributed by atoms with Crippen LogP contribution in [0.25, 0.3) is 0 Å². The first-order valence-electron chi connectivity index (χ1n) is 8.20. The standard InChI is InChI=1S/C20H20N2O4/c1-13-10-18(14(2)22(13)11-17-4-3-9-25-17)19(23)12-26-16-7-5-15(6-8-16)20(21)24/h3-10H,11-12H2,1-2H3,(H2,21,24). The molecule has 0 saturated carbocycles. The number of benzene rings is 1. The summed E-state index contributed by atoms with van der Waals surface area (Å²) >= 11 is 0. The van der Waals surface area contributed by atoms with E-state index in [2.05, 4.69) is 0 Å². The van der Waals surface area contributed by atoms with E-state index in [1.807, 2.05) is 36.6 Å². The second-order valence-electron chi connectivity index (χ2n) is 6.05. The molecule has 0 unspecified atom stereocenters. The molecule has 3 rings (SSSR count). The molecule has 0 radical (unpaired) electrons. The van der Waals surface area contributed by atoms with Crippen molar-refractivity contribution >= 4 is 11.7 Å². The highest BCUT2D eigenvalue weighted by molar-refractivity contribution is 5.98. The zero-order valence-electron chi connectivity index (χ0n) is 14.7. The van der Waals surface area contributed by atoms with Crippen molar-refractivity contribution in [3.05, 3.63) is 77.0 Å². The number of aromatic nitrogens is 1. The molecular weight excluding hydrogens is 332 g/mol. The molecule has 0 atom stereocenters. The summed E-state index contributed by atoms with van der Waals surface area (Å²) in [6.45, 7) is 4.36. The van der Waals surface area contributed by atoms with Crippen molar-refractivity contribution in [3.8, 4) is 5.75 Å². The summed E-state index contributed by atoms with van der Waals surface area (Å²) in [7, 11) is 0. The number of nitrogens with zero attached hydrogens (tertiary/aromatic N) is 1. The predicted molar refractivity (Wildman–Crippen MR) is 96.5 cm³/mol. The molecule has 6 nitrogen and oxygen atoms in total. The Labute approximate surface area is 151 Å². The number of primary amides is 1. The number of ketones is 1. The monoisotopic (exact) mass is 352 g/mol. The van der Waals surface area contributed by atoms with Crippen molar-refractivity contribution in [3.63, 3.8) is 0 Å². The Morgan fingerprint density at radius 3 is 2.50 bits per heavy atom. The molecule has 134 valence electrons. The molecule has 2 aromatic heterocycles. The molecule has 1 aromatic carbocycles. The van der Waals surface area contributed by atoms with Gasteiger partial charge in [0.1, 0.15) is 11.5 Å². The maximum Gasteiger partial charge on any atom is 0.248 e. The SMILES string of the molecule is Cc1cc(C(=O)COc2ccc(C(N)=O)cc2)c(C)n1Cc1ccco1. The summed E-state index contributed by atoms with van der Waals surface area (Å²) in [5, 5.41) is 0. The van der Waals surface area contributed by atoms with Crippen molar-refractivity contribution in [2.24, 2.45) is 5.73 Å². The van der Waals surface area contributed by atoms with Crippen molar-refractivity contribution < 1.29 is 18.7 Å². The first kappa shape index (κ1) is 17.5. The van der Waals surface area contributed by atoms with Crippen LogP contribution in [-0.4, -0.2) is 22.9 Å². The molecule has 0 aliphatic heterocycles. The number of carbonyl (C=O) groups excluding carboxylic acids is 2.